The molecule has 0 fully saturated rings. The molecule has 1 amide bonds. The minimum absolute atomic E-state index is 0.0722. The van der Waals surface area contributed by atoms with Crippen molar-refractivity contribution < 1.29 is 32.2 Å². The molecule has 0 bridgehead atoms. The first-order valence-electron chi connectivity index (χ1n) is 8.78. The van der Waals surface area contributed by atoms with Gasteiger partial charge in [-0.2, -0.15) is 0 Å². The number of alkyl halides is 1. The van der Waals surface area contributed by atoms with Gasteiger partial charge in [0.1, 0.15) is 24.1 Å². The van der Waals surface area contributed by atoms with E-state index in [9.17, 15) is 22.4 Å². The van der Waals surface area contributed by atoms with Crippen LogP contribution >= 0.6 is 0 Å². The molecule has 0 saturated carbocycles. The van der Waals surface area contributed by atoms with Gasteiger partial charge in [-0.1, -0.05) is 0 Å². The molecule has 0 aliphatic carbocycles. The molecule has 2 aromatic carbocycles. The Hall–Kier alpha value is -3.07. The predicted octanol–water partition coefficient (Wildman–Crippen LogP) is 3.85. The molecule has 1 atom stereocenters. The predicted molar refractivity (Wildman–Crippen MR) is 98.6 cm³/mol. The minimum Gasteiger partial charge on any atom is -0.449 e. The number of ether oxygens (including phenoxy) is 1. The van der Waals surface area contributed by atoms with Crippen LogP contribution in [0.15, 0.2) is 36.4 Å². The highest BCUT2D eigenvalue weighted by Crippen LogP contribution is 2.32. The Bertz CT molecular complexity index is 1000. The number of hydrogen-bond acceptors (Lipinski definition) is 3. The van der Waals surface area contributed by atoms with Gasteiger partial charge in [0.25, 0.3) is 0 Å². The zero-order valence-corrected chi connectivity index (χ0v) is 15.1. The SMILES string of the molecule is O=C(NC(CO)CF)OCCc1c(-c2ccc(F)cc2)[nH]c2c(F)cc(F)cc12. The van der Waals surface area contributed by atoms with Crippen LogP contribution in [0.3, 0.4) is 0 Å². The number of fused-ring (bicyclic) bond motifs is 1. The first-order chi connectivity index (χ1) is 13.9. The minimum atomic E-state index is -1.08. The lowest BCUT2D eigenvalue weighted by atomic mass is 10.0. The van der Waals surface area contributed by atoms with Crippen LogP contribution < -0.4 is 5.32 Å². The summed E-state index contributed by atoms with van der Waals surface area (Å²) in [4.78, 5) is 14.6. The molecule has 0 radical (unpaired) electrons. The van der Waals surface area contributed by atoms with Crippen molar-refractivity contribution in [2.45, 2.75) is 12.5 Å². The lowest BCUT2D eigenvalue weighted by Crippen LogP contribution is -2.39. The summed E-state index contributed by atoms with van der Waals surface area (Å²) >= 11 is 0. The van der Waals surface area contributed by atoms with Crippen molar-refractivity contribution in [3.63, 3.8) is 0 Å². The number of benzene rings is 2. The molecule has 0 aliphatic rings. The van der Waals surface area contributed by atoms with Crippen molar-refractivity contribution in [3.8, 4) is 11.3 Å². The third-order valence-electron chi connectivity index (χ3n) is 4.38. The van der Waals surface area contributed by atoms with Crippen molar-refractivity contribution in [1.29, 1.82) is 0 Å². The molecule has 5 nitrogen and oxygen atoms in total. The van der Waals surface area contributed by atoms with Gasteiger partial charge in [-0.3, -0.25) is 0 Å². The molecule has 3 N–H and O–H groups in total. The molecule has 9 heteroatoms. The maximum Gasteiger partial charge on any atom is 0.407 e. The van der Waals surface area contributed by atoms with Gasteiger partial charge in [0, 0.05) is 23.6 Å². The quantitative estimate of drug-likeness (QED) is 0.518. The van der Waals surface area contributed by atoms with E-state index in [1.165, 1.54) is 24.3 Å². The number of carbonyl (C=O) groups excluding carboxylic acids is 1. The van der Waals surface area contributed by atoms with E-state index < -0.39 is 42.9 Å². The summed E-state index contributed by atoms with van der Waals surface area (Å²) in [7, 11) is 0. The number of aromatic nitrogens is 1. The second-order valence-corrected chi connectivity index (χ2v) is 6.36. The van der Waals surface area contributed by atoms with Crippen LogP contribution in [0.4, 0.5) is 22.4 Å². The highest BCUT2D eigenvalue weighted by atomic mass is 19.1. The van der Waals surface area contributed by atoms with E-state index in [-0.39, 0.29) is 23.9 Å². The summed E-state index contributed by atoms with van der Waals surface area (Å²) in [5.41, 5.74) is 1.52. The molecule has 1 unspecified atom stereocenters. The Kier molecular flexibility index (Phi) is 6.38. The van der Waals surface area contributed by atoms with Crippen LogP contribution in [0, 0.1) is 17.5 Å². The topological polar surface area (TPSA) is 74.3 Å². The van der Waals surface area contributed by atoms with Gasteiger partial charge in [0.05, 0.1) is 24.8 Å². The van der Waals surface area contributed by atoms with Crippen LogP contribution in [-0.2, 0) is 11.2 Å². The Morgan fingerprint density at radius 2 is 1.86 bits per heavy atom. The van der Waals surface area contributed by atoms with Gasteiger partial charge >= 0.3 is 6.09 Å². The first-order valence-corrected chi connectivity index (χ1v) is 8.78. The van der Waals surface area contributed by atoms with E-state index >= 15 is 0 Å². The monoisotopic (exact) mass is 410 g/mol. The highest BCUT2D eigenvalue weighted by molar-refractivity contribution is 5.91. The van der Waals surface area contributed by atoms with E-state index in [2.05, 4.69) is 10.3 Å². The number of rotatable bonds is 7. The fourth-order valence-electron chi connectivity index (χ4n) is 2.98. The molecule has 154 valence electrons. The van der Waals surface area contributed by atoms with Crippen molar-refractivity contribution in [3.05, 3.63) is 59.4 Å². The van der Waals surface area contributed by atoms with Gasteiger partial charge in [-0.15, -0.1) is 0 Å². The van der Waals surface area contributed by atoms with Crippen LogP contribution in [-0.4, -0.2) is 42.1 Å². The molecule has 1 heterocycles. The van der Waals surface area contributed by atoms with Crippen molar-refractivity contribution in [1.82, 2.24) is 10.3 Å². The van der Waals surface area contributed by atoms with Gasteiger partial charge in [0.15, 0.2) is 0 Å². The highest BCUT2D eigenvalue weighted by Gasteiger charge is 2.18. The molecule has 0 saturated heterocycles. The van der Waals surface area contributed by atoms with Crippen LogP contribution in [0.25, 0.3) is 22.2 Å². The molecule has 0 aliphatic heterocycles. The fourth-order valence-corrected chi connectivity index (χ4v) is 2.98. The molecular formula is C20H18F4N2O3. The number of halogens is 4. The third kappa shape index (κ3) is 4.68. The number of H-pyrrole nitrogens is 1. The summed E-state index contributed by atoms with van der Waals surface area (Å²) in [6, 6.07) is 6.26. The normalized spacial score (nSPS) is 12.2. The second kappa shape index (κ2) is 8.95. The Balaban J connectivity index is 1.88. The number of aliphatic hydroxyl groups is 1. The summed E-state index contributed by atoms with van der Waals surface area (Å²) in [6.45, 7) is -1.71. The number of aromatic amines is 1. The van der Waals surface area contributed by atoms with E-state index in [0.29, 0.717) is 16.8 Å². The van der Waals surface area contributed by atoms with E-state index in [0.717, 1.165) is 12.1 Å². The van der Waals surface area contributed by atoms with Gasteiger partial charge in [0.2, 0.25) is 0 Å². The largest absolute Gasteiger partial charge is 0.449 e. The average Bonchev–Trinajstić information content (AvgIpc) is 3.05. The molecule has 0 spiro atoms. The molecular weight excluding hydrogens is 392 g/mol. The fraction of sp³-hybridized carbons (Fsp3) is 0.250. The lowest BCUT2D eigenvalue weighted by Gasteiger charge is -2.13. The standard InChI is InChI=1S/C20H18F4N2O3/c21-9-14(10-27)25-20(28)29-6-5-15-16-7-13(23)8-17(24)19(16)26-18(15)11-1-3-12(22)4-2-11/h1-4,7-8,14,26-27H,5-6,9-10H2,(H,25,28). The Morgan fingerprint density at radius 3 is 2.52 bits per heavy atom. The zero-order valence-electron chi connectivity index (χ0n) is 15.1. The first kappa shape index (κ1) is 20.7. The van der Waals surface area contributed by atoms with Gasteiger partial charge < -0.3 is 20.1 Å². The Labute approximate surface area is 163 Å². The van der Waals surface area contributed by atoms with E-state index in [4.69, 9.17) is 9.84 Å². The Morgan fingerprint density at radius 1 is 1.14 bits per heavy atom. The van der Waals surface area contributed by atoms with Crippen LogP contribution in [0.2, 0.25) is 0 Å². The number of amides is 1. The average molecular weight is 410 g/mol. The maximum absolute atomic E-state index is 14.2. The van der Waals surface area contributed by atoms with E-state index in [1.54, 1.807) is 0 Å². The molecule has 3 rings (SSSR count). The number of aliphatic hydroxyl groups excluding tert-OH is 1. The number of hydrogen-bond donors (Lipinski definition) is 3. The van der Waals surface area contributed by atoms with Crippen molar-refractivity contribution >= 4 is 17.0 Å². The maximum atomic E-state index is 14.2. The second-order valence-electron chi connectivity index (χ2n) is 6.36. The number of alkyl carbamates (subject to hydrolysis) is 1. The van der Waals surface area contributed by atoms with Gasteiger partial charge in [-0.05, 0) is 41.5 Å². The third-order valence-corrected chi connectivity index (χ3v) is 4.38. The summed E-state index contributed by atoms with van der Waals surface area (Å²) in [5, 5.41) is 11.3. The summed E-state index contributed by atoms with van der Waals surface area (Å²) < 4.78 is 58.7. The van der Waals surface area contributed by atoms with Crippen LogP contribution in [0.1, 0.15) is 5.56 Å². The van der Waals surface area contributed by atoms with E-state index in [1.807, 2.05) is 0 Å². The molecule has 3 aromatic rings. The number of nitrogens with one attached hydrogen (secondary N) is 2. The summed E-state index contributed by atoms with van der Waals surface area (Å²) in [6.07, 6.45) is -0.843. The lowest BCUT2D eigenvalue weighted by molar-refractivity contribution is 0.132. The zero-order chi connectivity index (χ0) is 21.0. The van der Waals surface area contributed by atoms with Crippen molar-refractivity contribution in [2.24, 2.45) is 0 Å². The smallest absolute Gasteiger partial charge is 0.407 e. The molecule has 1 aromatic heterocycles. The van der Waals surface area contributed by atoms with Crippen molar-refractivity contribution in [2.75, 3.05) is 19.9 Å². The summed E-state index contributed by atoms with van der Waals surface area (Å²) in [5.74, 6) is -2.01. The number of carbonyl (C=O) groups is 1. The van der Waals surface area contributed by atoms with Crippen LogP contribution in [0.5, 0.6) is 0 Å². The molecule has 29 heavy (non-hydrogen) atoms. The van der Waals surface area contributed by atoms with Gasteiger partial charge in [-0.25, -0.2) is 22.4 Å².